The van der Waals surface area contributed by atoms with Gasteiger partial charge in [-0.15, -0.1) is 0 Å². The molecule has 2 rings (SSSR count). The average Bonchev–Trinajstić information content (AvgIpc) is 2.85. The first kappa shape index (κ1) is 11.8. The van der Waals surface area contributed by atoms with Crippen molar-refractivity contribution in [1.29, 1.82) is 5.26 Å². The Balaban J connectivity index is 1.82. The Morgan fingerprint density at radius 1 is 1.29 bits per heavy atom. The third-order valence-corrected chi connectivity index (χ3v) is 3.06. The van der Waals surface area contributed by atoms with Gasteiger partial charge in [-0.3, -0.25) is 0 Å². The molecule has 0 aromatic heterocycles. The molecule has 0 saturated carbocycles. The minimum atomic E-state index is 0.228. The number of aliphatic hydroxyl groups excluding tert-OH is 1. The minimum absolute atomic E-state index is 0.228. The van der Waals surface area contributed by atoms with E-state index in [1.165, 1.54) is 5.56 Å². The lowest BCUT2D eigenvalue weighted by atomic mass is 10.1. The van der Waals surface area contributed by atoms with Gasteiger partial charge in [0, 0.05) is 25.1 Å². The molecule has 1 aromatic carbocycles. The Morgan fingerprint density at radius 2 is 2.06 bits per heavy atom. The maximum atomic E-state index is 9.02. The highest BCUT2D eigenvalue weighted by Gasteiger charge is 2.17. The molecule has 0 bridgehead atoms. The van der Waals surface area contributed by atoms with Crippen LogP contribution in [0.4, 0.5) is 0 Å². The number of nitrogens with zero attached hydrogens (tertiary/aromatic N) is 1. The Morgan fingerprint density at radius 3 is 2.65 bits per heavy atom. The van der Waals surface area contributed by atoms with E-state index in [-0.39, 0.29) is 6.61 Å². The molecular weight excluding hydrogens is 212 g/mol. The fourth-order valence-electron chi connectivity index (χ4n) is 2.01. The van der Waals surface area contributed by atoms with Crippen LogP contribution in [-0.2, 0) is 6.54 Å². The number of hydrogen-bond acceptors (Lipinski definition) is 3. The lowest BCUT2D eigenvalue weighted by Gasteiger charge is -2.12. The van der Waals surface area contributed by atoms with E-state index in [1.54, 1.807) is 0 Å². The molecule has 2 N–H and O–H groups in total. The standard InChI is InChI=1S/C14H16N2O/c15-8-11-1-3-12(4-2-11)9-16-14-6-5-13(7-14)10-17/h1-6,13-14,16-17H,7,9-10H2/t13-,14+/m0/s1. The SMILES string of the molecule is N#Cc1ccc(CN[C@@H]2C=C[C@H](CO)C2)cc1. The number of benzene rings is 1. The lowest BCUT2D eigenvalue weighted by Crippen LogP contribution is -2.26. The van der Waals surface area contributed by atoms with Gasteiger partial charge in [0.15, 0.2) is 0 Å². The maximum absolute atomic E-state index is 9.02. The number of nitrogens with one attached hydrogen (secondary N) is 1. The molecule has 0 amide bonds. The van der Waals surface area contributed by atoms with E-state index in [2.05, 4.69) is 23.5 Å². The first-order chi connectivity index (χ1) is 8.31. The first-order valence-corrected chi connectivity index (χ1v) is 5.83. The van der Waals surface area contributed by atoms with E-state index in [9.17, 15) is 0 Å². The van der Waals surface area contributed by atoms with Gasteiger partial charge in [-0.2, -0.15) is 5.26 Å². The summed E-state index contributed by atoms with van der Waals surface area (Å²) in [6.07, 6.45) is 5.15. The van der Waals surface area contributed by atoms with Crippen LogP contribution in [-0.4, -0.2) is 17.8 Å². The molecule has 88 valence electrons. The molecule has 17 heavy (non-hydrogen) atoms. The fourth-order valence-corrected chi connectivity index (χ4v) is 2.01. The van der Waals surface area contributed by atoms with Gasteiger partial charge in [0.2, 0.25) is 0 Å². The largest absolute Gasteiger partial charge is 0.396 e. The van der Waals surface area contributed by atoms with Gasteiger partial charge >= 0.3 is 0 Å². The second-order valence-electron chi connectivity index (χ2n) is 4.36. The van der Waals surface area contributed by atoms with Crippen molar-refractivity contribution in [1.82, 2.24) is 5.32 Å². The van der Waals surface area contributed by atoms with Crippen molar-refractivity contribution in [3.8, 4) is 6.07 Å². The smallest absolute Gasteiger partial charge is 0.0991 e. The Kier molecular flexibility index (Phi) is 3.92. The zero-order chi connectivity index (χ0) is 12.1. The molecular formula is C14H16N2O. The van der Waals surface area contributed by atoms with Crippen LogP contribution in [0.25, 0.3) is 0 Å². The summed E-state index contributed by atoms with van der Waals surface area (Å²) < 4.78 is 0. The van der Waals surface area contributed by atoms with Gasteiger partial charge in [0.25, 0.3) is 0 Å². The van der Waals surface area contributed by atoms with Crippen molar-refractivity contribution in [2.75, 3.05) is 6.61 Å². The van der Waals surface area contributed by atoms with E-state index in [0.29, 0.717) is 17.5 Å². The quantitative estimate of drug-likeness (QED) is 0.769. The summed E-state index contributed by atoms with van der Waals surface area (Å²) in [5, 5.41) is 21.1. The third-order valence-electron chi connectivity index (χ3n) is 3.06. The molecule has 2 atom stereocenters. The van der Waals surface area contributed by atoms with E-state index in [1.807, 2.05) is 24.3 Å². The molecule has 1 aliphatic carbocycles. The van der Waals surface area contributed by atoms with Crippen molar-refractivity contribution in [3.63, 3.8) is 0 Å². The van der Waals surface area contributed by atoms with Crippen LogP contribution in [0, 0.1) is 17.2 Å². The maximum Gasteiger partial charge on any atom is 0.0991 e. The summed E-state index contributed by atoms with van der Waals surface area (Å²) in [5.41, 5.74) is 1.86. The Hall–Kier alpha value is -1.63. The van der Waals surface area contributed by atoms with Gasteiger partial charge in [-0.25, -0.2) is 0 Å². The second-order valence-corrected chi connectivity index (χ2v) is 4.36. The first-order valence-electron chi connectivity index (χ1n) is 5.83. The van der Waals surface area contributed by atoms with Gasteiger partial charge in [0.05, 0.1) is 11.6 Å². The van der Waals surface area contributed by atoms with Gasteiger partial charge < -0.3 is 10.4 Å². The van der Waals surface area contributed by atoms with E-state index in [4.69, 9.17) is 10.4 Å². The molecule has 0 saturated heterocycles. The average molecular weight is 228 g/mol. The number of hydrogen-bond donors (Lipinski definition) is 2. The monoisotopic (exact) mass is 228 g/mol. The fraction of sp³-hybridized carbons (Fsp3) is 0.357. The Bertz CT molecular complexity index is 431. The number of nitriles is 1. The molecule has 0 fully saturated rings. The molecule has 3 heteroatoms. The van der Waals surface area contributed by atoms with Crippen LogP contribution >= 0.6 is 0 Å². The number of rotatable bonds is 4. The van der Waals surface area contributed by atoms with Gasteiger partial charge in [-0.1, -0.05) is 24.3 Å². The summed E-state index contributed by atoms with van der Waals surface area (Å²) in [5.74, 6) is 0.300. The van der Waals surface area contributed by atoms with E-state index in [0.717, 1.165) is 13.0 Å². The van der Waals surface area contributed by atoms with Crippen molar-refractivity contribution < 1.29 is 5.11 Å². The predicted molar refractivity (Wildman–Crippen MR) is 66.1 cm³/mol. The molecule has 1 aromatic rings. The van der Waals surface area contributed by atoms with Crippen LogP contribution in [0.1, 0.15) is 17.5 Å². The molecule has 0 spiro atoms. The normalized spacial score (nSPS) is 22.6. The van der Waals surface area contributed by atoms with Crippen LogP contribution in [0.2, 0.25) is 0 Å². The summed E-state index contributed by atoms with van der Waals surface area (Å²) in [6, 6.07) is 10.1. The predicted octanol–water partition coefficient (Wildman–Crippen LogP) is 1.58. The molecule has 0 radical (unpaired) electrons. The number of aliphatic hydroxyl groups is 1. The van der Waals surface area contributed by atoms with E-state index < -0.39 is 0 Å². The second kappa shape index (κ2) is 5.62. The molecule has 0 aliphatic heterocycles. The van der Waals surface area contributed by atoms with Crippen LogP contribution in [0.3, 0.4) is 0 Å². The molecule has 0 unspecified atom stereocenters. The summed E-state index contributed by atoms with van der Waals surface area (Å²) in [7, 11) is 0. The summed E-state index contributed by atoms with van der Waals surface area (Å²) >= 11 is 0. The highest BCUT2D eigenvalue weighted by atomic mass is 16.3. The molecule has 1 aliphatic rings. The van der Waals surface area contributed by atoms with Crippen molar-refractivity contribution >= 4 is 0 Å². The topological polar surface area (TPSA) is 56.0 Å². The summed E-state index contributed by atoms with van der Waals surface area (Å²) in [6.45, 7) is 1.02. The van der Waals surface area contributed by atoms with Crippen molar-refractivity contribution in [2.24, 2.45) is 5.92 Å². The van der Waals surface area contributed by atoms with Crippen LogP contribution in [0.5, 0.6) is 0 Å². The Labute approximate surface area is 101 Å². The molecule has 0 heterocycles. The van der Waals surface area contributed by atoms with Crippen LogP contribution in [0.15, 0.2) is 36.4 Å². The third kappa shape index (κ3) is 3.16. The van der Waals surface area contributed by atoms with Crippen LogP contribution < -0.4 is 5.32 Å². The van der Waals surface area contributed by atoms with Gasteiger partial charge in [-0.05, 0) is 24.1 Å². The minimum Gasteiger partial charge on any atom is -0.396 e. The highest BCUT2D eigenvalue weighted by Crippen LogP contribution is 2.17. The summed E-state index contributed by atoms with van der Waals surface area (Å²) in [4.78, 5) is 0. The van der Waals surface area contributed by atoms with Crippen molar-refractivity contribution in [2.45, 2.75) is 19.0 Å². The lowest BCUT2D eigenvalue weighted by molar-refractivity contribution is 0.246. The van der Waals surface area contributed by atoms with Crippen molar-refractivity contribution in [3.05, 3.63) is 47.5 Å². The highest BCUT2D eigenvalue weighted by molar-refractivity contribution is 5.31. The molecule has 3 nitrogen and oxygen atoms in total. The van der Waals surface area contributed by atoms with E-state index >= 15 is 0 Å². The zero-order valence-corrected chi connectivity index (χ0v) is 9.63. The zero-order valence-electron chi connectivity index (χ0n) is 9.63. The van der Waals surface area contributed by atoms with Gasteiger partial charge in [0.1, 0.15) is 0 Å².